The Labute approximate surface area is 308 Å². The Morgan fingerprint density at radius 1 is 0.887 bits per heavy atom. The Morgan fingerprint density at radius 3 is 2.53 bits per heavy atom. The molecule has 0 spiro atoms. The summed E-state index contributed by atoms with van der Waals surface area (Å²) in [6.07, 6.45) is 2.69. The van der Waals surface area contributed by atoms with Crippen LogP contribution < -0.4 is 25.3 Å². The van der Waals surface area contributed by atoms with E-state index in [0.717, 1.165) is 85.3 Å². The number of para-hydroxylation sites is 1. The molecule has 5 fully saturated rings. The first-order valence-electron chi connectivity index (χ1n) is 19.3. The number of aromatic nitrogens is 4. The average molecular weight is 718 g/mol. The quantitative estimate of drug-likeness (QED) is 0.260. The van der Waals surface area contributed by atoms with Gasteiger partial charge in [0.25, 0.3) is 0 Å². The molecule has 5 aliphatic heterocycles. The molecule has 7 heterocycles. The standard InChI is InChI=1S/C39H47N11O3/c1-45-33-16-25(6-7-28(33)38(44-45)50-13-10-36(52)41-39(50)53)48-11-8-24(9-12-48)19-47-22-30-29(31(30)23-47)21-46-14-15-49-26(20-46)18-40-37-34(49)17-32(42-43-37)27-4-2-3-5-35(27)51/h2-7,16-17,24,26,29-31,51H,8-15,18-23H2,1H3,(H,40,43)(H,41,52,53)/t26-,29?,30-,31+/m0/s1. The molecule has 1 aliphatic carbocycles. The van der Waals surface area contributed by atoms with Gasteiger partial charge >= 0.3 is 6.03 Å². The number of benzene rings is 2. The fourth-order valence-corrected chi connectivity index (χ4v) is 9.92. The second-order valence-corrected chi connectivity index (χ2v) is 16.0. The summed E-state index contributed by atoms with van der Waals surface area (Å²) in [7, 11) is 1.92. The number of nitrogens with zero attached hydrogens (tertiary/aromatic N) is 9. The average Bonchev–Trinajstić information content (AvgIpc) is 3.44. The fraction of sp³-hybridized carbons (Fsp3) is 0.513. The molecule has 3 amide bonds. The van der Waals surface area contributed by atoms with Gasteiger partial charge in [0, 0.05) is 102 Å². The van der Waals surface area contributed by atoms with Crippen LogP contribution in [0.15, 0.2) is 48.5 Å². The van der Waals surface area contributed by atoms with Gasteiger partial charge in [-0.25, -0.2) is 4.79 Å². The molecule has 1 saturated carbocycles. The summed E-state index contributed by atoms with van der Waals surface area (Å²) < 4.78 is 1.84. The topological polar surface area (TPSA) is 138 Å². The number of carbonyl (C=O) groups is 2. The smallest absolute Gasteiger partial charge is 0.329 e. The lowest BCUT2D eigenvalue weighted by Gasteiger charge is -2.46. The highest BCUT2D eigenvalue weighted by Gasteiger charge is 2.56. The zero-order chi connectivity index (χ0) is 35.8. The highest BCUT2D eigenvalue weighted by molar-refractivity contribution is 6.09. The molecule has 3 N–H and O–H groups in total. The minimum atomic E-state index is -0.404. The van der Waals surface area contributed by atoms with E-state index in [-0.39, 0.29) is 18.1 Å². The fourth-order valence-electron chi connectivity index (χ4n) is 9.92. The molecule has 1 unspecified atom stereocenters. The third-order valence-corrected chi connectivity index (χ3v) is 12.9. The third kappa shape index (κ3) is 5.92. The van der Waals surface area contributed by atoms with Crippen molar-refractivity contribution < 1.29 is 14.7 Å². The van der Waals surface area contributed by atoms with Crippen LogP contribution >= 0.6 is 0 Å². The molecule has 6 aliphatic rings. The minimum absolute atomic E-state index is 0.227. The molecular weight excluding hydrogens is 671 g/mol. The van der Waals surface area contributed by atoms with E-state index in [1.165, 1.54) is 44.7 Å². The first-order valence-corrected chi connectivity index (χ1v) is 19.3. The molecule has 4 atom stereocenters. The Bertz CT molecular complexity index is 2070. The van der Waals surface area contributed by atoms with E-state index in [9.17, 15) is 14.7 Å². The van der Waals surface area contributed by atoms with Gasteiger partial charge in [-0.1, -0.05) is 12.1 Å². The largest absolute Gasteiger partial charge is 0.507 e. The van der Waals surface area contributed by atoms with Gasteiger partial charge in [-0.05, 0) is 72.9 Å². The lowest BCUT2D eigenvalue weighted by Crippen LogP contribution is -2.58. The lowest BCUT2D eigenvalue weighted by atomic mass is 9.95. The van der Waals surface area contributed by atoms with E-state index in [4.69, 9.17) is 0 Å². The van der Waals surface area contributed by atoms with Gasteiger partial charge in [0.05, 0.1) is 22.9 Å². The summed E-state index contributed by atoms with van der Waals surface area (Å²) in [4.78, 5) is 36.2. The highest BCUT2D eigenvalue weighted by Crippen LogP contribution is 2.52. The Balaban J connectivity index is 0.695. The van der Waals surface area contributed by atoms with Crippen molar-refractivity contribution >= 4 is 45.9 Å². The van der Waals surface area contributed by atoms with E-state index in [0.29, 0.717) is 29.7 Å². The predicted octanol–water partition coefficient (Wildman–Crippen LogP) is 3.19. The van der Waals surface area contributed by atoms with Gasteiger partial charge in [0.15, 0.2) is 11.6 Å². The van der Waals surface area contributed by atoms with E-state index >= 15 is 0 Å². The molecule has 4 saturated heterocycles. The molecular formula is C39H47N11O3. The molecule has 0 radical (unpaired) electrons. The second-order valence-electron chi connectivity index (χ2n) is 16.0. The predicted molar refractivity (Wildman–Crippen MR) is 203 cm³/mol. The monoisotopic (exact) mass is 717 g/mol. The van der Waals surface area contributed by atoms with Gasteiger partial charge in [-0.2, -0.15) is 5.10 Å². The molecule has 4 aromatic rings. The zero-order valence-corrected chi connectivity index (χ0v) is 30.2. The number of amides is 3. The van der Waals surface area contributed by atoms with Crippen molar-refractivity contribution in [1.82, 2.24) is 35.1 Å². The number of hydrogen-bond acceptors (Lipinski definition) is 11. The Morgan fingerprint density at radius 2 is 1.72 bits per heavy atom. The maximum absolute atomic E-state index is 12.5. The van der Waals surface area contributed by atoms with Gasteiger partial charge in [-0.15, -0.1) is 10.2 Å². The maximum atomic E-state index is 12.5. The van der Waals surface area contributed by atoms with Crippen molar-refractivity contribution in [2.45, 2.75) is 25.3 Å². The Kier molecular flexibility index (Phi) is 7.94. The van der Waals surface area contributed by atoms with E-state index < -0.39 is 6.03 Å². The molecule has 2 aromatic heterocycles. The molecule has 0 bridgehead atoms. The van der Waals surface area contributed by atoms with Crippen molar-refractivity contribution in [3.8, 4) is 17.0 Å². The van der Waals surface area contributed by atoms with Crippen LogP contribution in [0, 0.1) is 23.7 Å². The van der Waals surface area contributed by atoms with Crippen LogP contribution in [0.25, 0.3) is 22.2 Å². The summed E-state index contributed by atoms with van der Waals surface area (Å²) in [6, 6.07) is 15.8. The van der Waals surface area contributed by atoms with E-state index in [1.54, 1.807) is 11.0 Å². The molecule has 2 aromatic carbocycles. The van der Waals surface area contributed by atoms with Gasteiger partial charge in [-0.3, -0.25) is 24.6 Å². The molecule has 276 valence electrons. The number of phenolic OH excluding ortho intramolecular Hbond substituents is 1. The van der Waals surface area contributed by atoms with Crippen LogP contribution in [0.1, 0.15) is 19.3 Å². The number of fused-ring (bicyclic) bond motifs is 5. The minimum Gasteiger partial charge on any atom is -0.507 e. The number of urea groups is 1. The zero-order valence-electron chi connectivity index (χ0n) is 30.2. The first kappa shape index (κ1) is 32.7. The normalized spacial score (nSPS) is 26.3. The summed E-state index contributed by atoms with van der Waals surface area (Å²) in [5.41, 5.74) is 4.70. The van der Waals surface area contributed by atoms with Crippen molar-refractivity contribution in [3.05, 3.63) is 48.5 Å². The lowest BCUT2D eigenvalue weighted by molar-refractivity contribution is -0.120. The number of aryl methyl sites for hydroxylation is 1. The number of hydrogen-bond donors (Lipinski definition) is 3. The van der Waals surface area contributed by atoms with Gasteiger partial charge < -0.3 is 25.1 Å². The van der Waals surface area contributed by atoms with Crippen molar-refractivity contribution in [1.29, 1.82) is 0 Å². The number of piperazine rings is 1. The second kappa shape index (κ2) is 12.9. The van der Waals surface area contributed by atoms with Crippen LogP contribution in [0.3, 0.4) is 0 Å². The highest BCUT2D eigenvalue weighted by atomic mass is 16.3. The van der Waals surface area contributed by atoms with Crippen molar-refractivity contribution in [2.24, 2.45) is 30.7 Å². The number of aromatic hydroxyl groups is 1. The van der Waals surface area contributed by atoms with Crippen molar-refractivity contribution in [2.75, 3.05) is 92.0 Å². The maximum Gasteiger partial charge on any atom is 0.329 e. The molecule has 14 nitrogen and oxygen atoms in total. The number of piperidine rings is 2. The SMILES string of the molecule is Cn1nc(N2CCC(=O)NC2=O)c2ccc(N3CCC(CN4C[C@@H]5C(CN6CCN7c8cc(-c9ccccc9O)nnc8NC[C@H]7C6)[C@@H]5C4)CC3)cc21. The summed E-state index contributed by atoms with van der Waals surface area (Å²) in [6.45, 7) is 11.4. The number of phenols is 1. The van der Waals surface area contributed by atoms with Gasteiger partial charge in [0.2, 0.25) is 5.91 Å². The summed E-state index contributed by atoms with van der Waals surface area (Å²) in [5, 5.41) is 30.8. The number of anilines is 4. The first-order chi connectivity index (χ1) is 25.9. The summed E-state index contributed by atoms with van der Waals surface area (Å²) in [5.74, 6) is 4.70. The van der Waals surface area contributed by atoms with E-state index in [2.05, 4.69) is 69.8 Å². The van der Waals surface area contributed by atoms with Crippen LogP contribution in [-0.4, -0.2) is 125 Å². The van der Waals surface area contributed by atoms with Crippen LogP contribution in [0.5, 0.6) is 5.75 Å². The van der Waals surface area contributed by atoms with Crippen LogP contribution in [0.2, 0.25) is 0 Å². The van der Waals surface area contributed by atoms with Gasteiger partial charge in [0.1, 0.15) is 5.75 Å². The third-order valence-electron chi connectivity index (χ3n) is 12.9. The Hall–Kier alpha value is -4.95. The number of rotatable bonds is 7. The number of imide groups is 1. The van der Waals surface area contributed by atoms with Crippen LogP contribution in [0.4, 0.5) is 27.8 Å². The number of carbonyl (C=O) groups excluding carboxylic acids is 2. The molecule has 14 heteroatoms. The molecule has 10 rings (SSSR count). The van der Waals surface area contributed by atoms with Crippen molar-refractivity contribution in [3.63, 3.8) is 0 Å². The van der Waals surface area contributed by atoms with Crippen LogP contribution in [-0.2, 0) is 11.8 Å². The molecule has 53 heavy (non-hydrogen) atoms. The van der Waals surface area contributed by atoms with E-state index in [1.807, 2.05) is 29.9 Å². The number of nitrogens with one attached hydrogen (secondary N) is 2. The number of likely N-dealkylation sites (tertiary alicyclic amines) is 1. The summed E-state index contributed by atoms with van der Waals surface area (Å²) >= 11 is 0.